The van der Waals surface area contributed by atoms with Crippen molar-refractivity contribution < 1.29 is 13.9 Å². The number of pyridine rings is 1. The topological polar surface area (TPSA) is 55.6 Å². The fraction of sp³-hybridized carbons (Fsp3) is 0.182. The zero-order chi connectivity index (χ0) is 18.9. The van der Waals surface area contributed by atoms with E-state index in [9.17, 15) is 4.79 Å². The predicted octanol–water partition coefficient (Wildman–Crippen LogP) is 4.32. The van der Waals surface area contributed by atoms with Gasteiger partial charge in [-0.3, -0.25) is 9.78 Å². The average Bonchev–Trinajstić information content (AvgIpc) is 3.21. The molecule has 0 aliphatic carbocycles. The van der Waals surface area contributed by atoms with Crippen LogP contribution in [0, 0.1) is 0 Å². The fourth-order valence-electron chi connectivity index (χ4n) is 2.63. The van der Waals surface area contributed by atoms with Gasteiger partial charge >= 0.3 is 0 Å². The number of nitrogens with zero attached hydrogens (tertiary/aromatic N) is 2. The van der Waals surface area contributed by atoms with Crippen LogP contribution in [0.4, 0.5) is 0 Å². The van der Waals surface area contributed by atoms with Crippen LogP contribution in [0.3, 0.4) is 0 Å². The highest BCUT2D eigenvalue weighted by Crippen LogP contribution is 2.14. The second-order valence-electron chi connectivity index (χ2n) is 5.97. The van der Waals surface area contributed by atoms with Gasteiger partial charge in [0.2, 0.25) is 5.91 Å². The molecule has 27 heavy (non-hydrogen) atoms. The summed E-state index contributed by atoms with van der Waals surface area (Å²) in [6.45, 7) is 3.43. The maximum absolute atomic E-state index is 12.8. The van der Waals surface area contributed by atoms with E-state index in [-0.39, 0.29) is 5.91 Å². The molecule has 0 saturated carbocycles. The SMILES string of the molecule is CCOc1ccc(/C=C/C(=O)N(Cc2cccnc2)Cc2ccco2)cc1. The lowest BCUT2D eigenvalue weighted by Crippen LogP contribution is -2.28. The Bertz CT molecular complexity index is 856. The highest BCUT2D eigenvalue weighted by atomic mass is 16.5. The van der Waals surface area contributed by atoms with Crippen molar-refractivity contribution in [3.63, 3.8) is 0 Å². The van der Waals surface area contributed by atoms with E-state index in [2.05, 4.69) is 4.98 Å². The average molecular weight is 362 g/mol. The zero-order valence-electron chi connectivity index (χ0n) is 15.2. The number of carbonyl (C=O) groups excluding carboxylic acids is 1. The van der Waals surface area contributed by atoms with Crippen LogP contribution in [0.2, 0.25) is 0 Å². The van der Waals surface area contributed by atoms with Gasteiger partial charge < -0.3 is 14.1 Å². The van der Waals surface area contributed by atoms with Gasteiger partial charge in [0, 0.05) is 25.0 Å². The van der Waals surface area contributed by atoms with Crippen molar-refractivity contribution in [2.45, 2.75) is 20.0 Å². The molecule has 3 rings (SSSR count). The molecule has 0 fully saturated rings. The van der Waals surface area contributed by atoms with Crippen LogP contribution in [0.1, 0.15) is 23.8 Å². The molecular formula is C22H22N2O3. The van der Waals surface area contributed by atoms with Crippen LogP contribution in [-0.2, 0) is 17.9 Å². The lowest BCUT2D eigenvalue weighted by atomic mass is 10.2. The van der Waals surface area contributed by atoms with Crippen molar-refractivity contribution in [2.75, 3.05) is 6.61 Å². The minimum absolute atomic E-state index is 0.0934. The molecule has 5 heteroatoms. The number of ether oxygens (including phenoxy) is 1. The predicted molar refractivity (Wildman–Crippen MR) is 104 cm³/mol. The molecule has 5 nitrogen and oxygen atoms in total. The zero-order valence-corrected chi connectivity index (χ0v) is 15.2. The summed E-state index contributed by atoms with van der Waals surface area (Å²) in [6.07, 6.45) is 8.47. The molecule has 1 aromatic carbocycles. The summed E-state index contributed by atoms with van der Waals surface area (Å²) in [4.78, 5) is 18.6. The van der Waals surface area contributed by atoms with Crippen LogP contribution in [0.25, 0.3) is 6.08 Å². The van der Waals surface area contributed by atoms with Crippen LogP contribution >= 0.6 is 0 Å². The number of aromatic nitrogens is 1. The number of benzene rings is 1. The second kappa shape index (κ2) is 9.38. The standard InChI is InChI=1S/C22H22N2O3/c1-2-26-20-10-7-18(8-11-20)9-12-22(25)24(17-21-6-4-14-27-21)16-19-5-3-13-23-15-19/h3-15H,2,16-17H2,1H3/b12-9+. The number of carbonyl (C=O) groups is 1. The molecule has 0 aliphatic rings. The number of hydrogen-bond donors (Lipinski definition) is 0. The van der Waals surface area contributed by atoms with Crippen LogP contribution in [0.5, 0.6) is 5.75 Å². The molecule has 0 radical (unpaired) electrons. The monoisotopic (exact) mass is 362 g/mol. The minimum Gasteiger partial charge on any atom is -0.494 e. The molecule has 138 valence electrons. The molecule has 0 aliphatic heterocycles. The van der Waals surface area contributed by atoms with Crippen LogP contribution in [-0.4, -0.2) is 22.4 Å². The molecule has 2 aromatic heterocycles. The Hall–Kier alpha value is -3.34. The van der Waals surface area contributed by atoms with Gasteiger partial charge in [0.15, 0.2) is 0 Å². The van der Waals surface area contributed by atoms with Crippen molar-refractivity contribution in [1.29, 1.82) is 0 Å². The summed E-state index contributed by atoms with van der Waals surface area (Å²) in [6, 6.07) is 15.1. The van der Waals surface area contributed by atoms with Crippen molar-refractivity contribution >= 4 is 12.0 Å². The quantitative estimate of drug-likeness (QED) is 0.560. The highest BCUT2D eigenvalue weighted by molar-refractivity contribution is 5.91. The van der Waals surface area contributed by atoms with Gasteiger partial charge in [0.1, 0.15) is 11.5 Å². The molecule has 1 amide bonds. The van der Waals surface area contributed by atoms with E-state index in [4.69, 9.17) is 9.15 Å². The first-order valence-corrected chi connectivity index (χ1v) is 8.85. The Kier molecular flexibility index (Phi) is 6.41. The minimum atomic E-state index is -0.0934. The molecule has 0 bridgehead atoms. The lowest BCUT2D eigenvalue weighted by molar-refractivity contribution is -0.127. The van der Waals surface area contributed by atoms with E-state index >= 15 is 0 Å². The maximum Gasteiger partial charge on any atom is 0.247 e. The largest absolute Gasteiger partial charge is 0.494 e. The first-order valence-electron chi connectivity index (χ1n) is 8.85. The van der Waals surface area contributed by atoms with Crippen molar-refractivity contribution in [3.8, 4) is 5.75 Å². The normalized spacial score (nSPS) is 10.9. The van der Waals surface area contributed by atoms with Crippen molar-refractivity contribution in [1.82, 2.24) is 9.88 Å². The molecule has 2 heterocycles. The first-order chi connectivity index (χ1) is 13.2. The summed E-state index contributed by atoms with van der Waals surface area (Å²) < 4.78 is 10.8. The van der Waals surface area contributed by atoms with E-state index in [1.54, 1.807) is 35.7 Å². The van der Waals surface area contributed by atoms with Gasteiger partial charge in [0.05, 0.1) is 19.4 Å². The molecule has 0 unspecified atom stereocenters. The molecule has 0 spiro atoms. The molecule has 3 aromatic rings. The highest BCUT2D eigenvalue weighted by Gasteiger charge is 2.13. The summed E-state index contributed by atoms with van der Waals surface area (Å²) in [7, 11) is 0. The van der Waals surface area contributed by atoms with Gasteiger partial charge in [-0.15, -0.1) is 0 Å². The third-order valence-corrected chi connectivity index (χ3v) is 3.94. The Morgan fingerprint density at radius 1 is 1.15 bits per heavy atom. The van der Waals surface area contributed by atoms with Crippen molar-refractivity contribution in [2.24, 2.45) is 0 Å². The molecule has 0 atom stereocenters. The fourth-order valence-corrected chi connectivity index (χ4v) is 2.63. The third-order valence-electron chi connectivity index (χ3n) is 3.94. The number of furan rings is 1. The smallest absolute Gasteiger partial charge is 0.247 e. The summed E-state index contributed by atoms with van der Waals surface area (Å²) >= 11 is 0. The number of hydrogen-bond acceptors (Lipinski definition) is 4. The first kappa shape index (κ1) is 18.5. The maximum atomic E-state index is 12.8. The Balaban J connectivity index is 1.71. The summed E-state index contributed by atoms with van der Waals surface area (Å²) in [5.41, 5.74) is 1.90. The molecular weight excluding hydrogens is 340 g/mol. The second-order valence-corrected chi connectivity index (χ2v) is 5.97. The van der Waals surface area contributed by atoms with E-state index in [0.717, 1.165) is 22.6 Å². The molecule has 0 N–H and O–H groups in total. The van der Waals surface area contributed by atoms with Gasteiger partial charge in [-0.1, -0.05) is 18.2 Å². The molecule has 0 saturated heterocycles. The summed E-state index contributed by atoms with van der Waals surface area (Å²) in [5, 5.41) is 0. The van der Waals surface area contributed by atoms with E-state index < -0.39 is 0 Å². The lowest BCUT2D eigenvalue weighted by Gasteiger charge is -2.20. The third kappa shape index (κ3) is 5.57. The Morgan fingerprint density at radius 2 is 2.00 bits per heavy atom. The Morgan fingerprint density at radius 3 is 2.67 bits per heavy atom. The number of amides is 1. The van der Waals surface area contributed by atoms with E-state index in [0.29, 0.717) is 19.7 Å². The van der Waals surface area contributed by atoms with E-state index in [1.807, 2.05) is 55.5 Å². The Labute approximate surface area is 158 Å². The van der Waals surface area contributed by atoms with Crippen LogP contribution < -0.4 is 4.74 Å². The van der Waals surface area contributed by atoms with Gasteiger partial charge in [-0.25, -0.2) is 0 Å². The number of rotatable bonds is 8. The van der Waals surface area contributed by atoms with Gasteiger partial charge in [-0.05, 0) is 54.5 Å². The van der Waals surface area contributed by atoms with Crippen LogP contribution in [0.15, 0.2) is 77.7 Å². The summed E-state index contributed by atoms with van der Waals surface area (Å²) in [5.74, 6) is 1.46. The van der Waals surface area contributed by atoms with Gasteiger partial charge in [0.25, 0.3) is 0 Å². The van der Waals surface area contributed by atoms with Gasteiger partial charge in [-0.2, -0.15) is 0 Å². The van der Waals surface area contributed by atoms with Crippen molar-refractivity contribution in [3.05, 3.63) is 90.2 Å². The van der Waals surface area contributed by atoms with E-state index in [1.165, 1.54) is 0 Å².